The lowest BCUT2D eigenvalue weighted by molar-refractivity contribution is -0.137. The molecule has 0 atom stereocenters. The molecular weight excluding hydrogens is 521 g/mol. The Balaban J connectivity index is 1.22. The smallest absolute Gasteiger partial charge is 0.369 e. The zero-order valence-electron chi connectivity index (χ0n) is 21.5. The number of anilines is 4. The molecule has 13 heteroatoms. The number of carbonyl (C=O) groups is 1. The molecule has 208 valence electrons. The lowest BCUT2D eigenvalue weighted by atomic mass is 10.2. The number of benzene rings is 1. The van der Waals surface area contributed by atoms with E-state index in [1.807, 2.05) is 18.0 Å². The lowest BCUT2D eigenvalue weighted by Gasteiger charge is -2.22. The number of nitrogens with one attached hydrogen (secondary N) is 3. The second-order valence-corrected chi connectivity index (χ2v) is 10.0. The van der Waals surface area contributed by atoms with Gasteiger partial charge in [-0.2, -0.15) is 23.1 Å². The topological polar surface area (TPSA) is 88.7 Å². The first-order valence-electron chi connectivity index (χ1n) is 12.9. The van der Waals surface area contributed by atoms with E-state index < -0.39 is 22.8 Å². The van der Waals surface area contributed by atoms with Crippen molar-refractivity contribution in [3.8, 4) is 0 Å². The van der Waals surface area contributed by atoms with Crippen LogP contribution in [0.2, 0.25) is 5.02 Å². The summed E-state index contributed by atoms with van der Waals surface area (Å²) in [7, 11) is 1.93. The molecule has 4 rings (SSSR count). The number of rotatable bonds is 10. The van der Waals surface area contributed by atoms with Crippen LogP contribution in [0.1, 0.15) is 31.2 Å². The largest absolute Gasteiger partial charge is 0.417 e. The number of hydrogen-bond donors (Lipinski definition) is 3. The lowest BCUT2D eigenvalue weighted by Crippen LogP contribution is -2.37. The number of halogens is 4. The van der Waals surface area contributed by atoms with Gasteiger partial charge in [0.05, 0.1) is 10.6 Å². The first-order valence-corrected chi connectivity index (χ1v) is 13.3. The predicted octanol–water partition coefficient (Wildman–Crippen LogP) is 4.51. The minimum Gasteiger partial charge on any atom is -0.369 e. The van der Waals surface area contributed by atoms with Crippen molar-refractivity contribution in [3.63, 3.8) is 0 Å². The van der Waals surface area contributed by atoms with E-state index in [9.17, 15) is 18.0 Å². The summed E-state index contributed by atoms with van der Waals surface area (Å²) in [4.78, 5) is 28.3. The third-order valence-corrected chi connectivity index (χ3v) is 6.96. The molecule has 1 aromatic heterocycles. The molecule has 3 N–H and O–H groups in total. The van der Waals surface area contributed by atoms with Gasteiger partial charge >= 0.3 is 12.2 Å². The second-order valence-electron chi connectivity index (χ2n) is 9.60. The van der Waals surface area contributed by atoms with Gasteiger partial charge in [0.2, 0.25) is 5.95 Å². The number of amides is 2. The van der Waals surface area contributed by atoms with Gasteiger partial charge in [0.1, 0.15) is 11.6 Å². The molecule has 0 radical (unpaired) electrons. The molecule has 0 bridgehead atoms. The summed E-state index contributed by atoms with van der Waals surface area (Å²) in [6.45, 7) is 6.24. The Labute approximate surface area is 225 Å². The molecule has 2 saturated heterocycles. The van der Waals surface area contributed by atoms with Gasteiger partial charge in [-0.3, -0.25) is 0 Å². The highest BCUT2D eigenvalue weighted by atomic mass is 35.5. The van der Waals surface area contributed by atoms with Crippen molar-refractivity contribution in [1.82, 2.24) is 20.2 Å². The van der Waals surface area contributed by atoms with Crippen LogP contribution < -0.4 is 25.8 Å². The second kappa shape index (κ2) is 12.7. The minimum absolute atomic E-state index is 0.0169. The van der Waals surface area contributed by atoms with E-state index in [1.165, 1.54) is 18.9 Å². The van der Waals surface area contributed by atoms with Crippen LogP contribution in [-0.2, 0) is 6.18 Å². The molecule has 2 aliphatic heterocycles. The number of urea groups is 1. The fourth-order valence-electron chi connectivity index (χ4n) is 4.52. The SMILES string of the molecule is CN(CCNC(=O)Nc1ccc(Cl)c(C(F)(F)F)c1)CCNc1cc(N2CCCC2)nc(N2CCCC2)n1. The number of hydrogen-bond acceptors (Lipinski definition) is 7. The molecule has 0 aliphatic carbocycles. The van der Waals surface area contributed by atoms with Crippen LogP contribution in [0.25, 0.3) is 0 Å². The van der Waals surface area contributed by atoms with Gasteiger partial charge in [0.15, 0.2) is 0 Å². The van der Waals surface area contributed by atoms with Crippen LogP contribution >= 0.6 is 11.6 Å². The van der Waals surface area contributed by atoms with E-state index in [0.717, 1.165) is 68.7 Å². The zero-order chi connectivity index (χ0) is 27.1. The third-order valence-electron chi connectivity index (χ3n) is 6.63. The van der Waals surface area contributed by atoms with Crippen molar-refractivity contribution >= 4 is 40.9 Å². The van der Waals surface area contributed by atoms with Crippen molar-refractivity contribution in [2.75, 3.05) is 79.8 Å². The Bertz CT molecular complexity index is 1060. The van der Waals surface area contributed by atoms with E-state index in [0.29, 0.717) is 26.2 Å². The third kappa shape index (κ3) is 7.76. The first-order chi connectivity index (χ1) is 18.2. The average Bonchev–Trinajstić information content (AvgIpc) is 3.59. The molecule has 9 nitrogen and oxygen atoms in total. The van der Waals surface area contributed by atoms with E-state index in [2.05, 4.69) is 25.8 Å². The molecule has 2 aliphatic rings. The summed E-state index contributed by atoms with van der Waals surface area (Å²) < 4.78 is 39.0. The molecule has 0 unspecified atom stereocenters. The van der Waals surface area contributed by atoms with Gasteiger partial charge in [0.25, 0.3) is 0 Å². The van der Waals surface area contributed by atoms with Crippen LogP contribution in [0.4, 0.5) is 41.2 Å². The van der Waals surface area contributed by atoms with Crippen molar-refractivity contribution in [3.05, 3.63) is 34.9 Å². The molecule has 1 aromatic carbocycles. The fraction of sp³-hybridized carbons (Fsp3) is 0.560. The van der Waals surface area contributed by atoms with E-state index in [1.54, 1.807) is 0 Å². The summed E-state index contributed by atoms with van der Waals surface area (Å²) in [6, 6.07) is 4.68. The summed E-state index contributed by atoms with van der Waals surface area (Å²) in [5.41, 5.74) is -0.976. The van der Waals surface area contributed by atoms with Gasteiger partial charge in [-0.05, 0) is 50.9 Å². The summed E-state index contributed by atoms with van der Waals surface area (Å²) in [5, 5.41) is 8.07. The maximum atomic E-state index is 13.0. The minimum atomic E-state index is -4.60. The maximum Gasteiger partial charge on any atom is 0.417 e. The fourth-order valence-corrected chi connectivity index (χ4v) is 4.75. The normalized spacial score (nSPS) is 15.8. The Morgan fingerprint density at radius 3 is 2.34 bits per heavy atom. The maximum absolute atomic E-state index is 13.0. The van der Waals surface area contributed by atoms with Gasteiger partial charge in [0, 0.05) is 64.1 Å². The molecule has 0 spiro atoms. The van der Waals surface area contributed by atoms with Crippen LogP contribution in [0.15, 0.2) is 24.3 Å². The summed E-state index contributed by atoms with van der Waals surface area (Å²) in [6.07, 6.45) is 0.0730. The van der Waals surface area contributed by atoms with Crippen molar-refractivity contribution in [2.24, 2.45) is 0 Å². The van der Waals surface area contributed by atoms with Gasteiger partial charge in [-0.25, -0.2) is 4.79 Å². The van der Waals surface area contributed by atoms with Crippen LogP contribution in [0, 0.1) is 0 Å². The summed E-state index contributed by atoms with van der Waals surface area (Å²) >= 11 is 5.62. The van der Waals surface area contributed by atoms with Gasteiger partial charge < -0.3 is 30.7 Å². The molecule has 2 aromatic rings. The molecule has 2 amide bonds. The Hall–Kier alpha value is -2.99. The quantitative estimate of drug-likeness (QED) is 0.398. The number of carbonyl (C=O) groups excluding carboxylic acids is 1. The molecule has 0 saturated carbocycles. The van der Waals surface area contributed by atoms with E-state index in [-0.39, 0.29) is 5.69 Å². The molecule has 2 fully saturated rings. The van der Waals surface area contributed by atoms with Crippen LogP contribution in [-0.4, -0.2) is 80.3 Å². The number of aromatic nitrogens is 2. The average molecular weight is 555 g/mol. The van der Waals surface area contributed by atoms with E-state index >= 15 is 0 Å². The molecule has 3 heterocycles. The van der Waals surface area contributed by atoms with Crippen molar-refractivity contribution in [2.45, 2.75) is 31.9 Å². The predicted molar refractivity (Wildman–Crippen MR) is 144 cm³/mol. The van der Waals surface area contributed by atoms with Crippen LogP contribution in [0.3, 0.4) is 0 Å². The Kier molecular flexibility index (Phi) is 9.37. The number of alkyl halides is 3. The number of likely N-dealkylation sites (N-methyl/N-ethyl adjacent to an activating group) is 1. The number of nitrogens with zero attached hydrogens (tertiary/aromatic N) is 5. The summed E-state index contributed by atoms with van der Waals surface area (Å²) in [5.74, 6) is 2.55. The Morgan fingerprint density at radius 1 is 1.00 bits per heavy atom. The van der Waals surface area contributed by atoms with Gasteiger partial charge in [-0.15, -0.1) is 0 Å². The highest BCUT2D eigenvalue weighted by Crippen LogP contribution is 2.36. The zero-order valence-corrected chi connectivity index (χ0v) is 22.2. The first kappa shape index (κ1) is 28.0. The highest BCUT2D eigenvalue weighted by molar-refractivity contribution is 6.31. The highest BCUT2D eigenvalue weighted by Gasteiger charge is 2.33. The molecule has 38 heavy (non-hydrogen) atoms. The monoisotopic (exact) mass is 554 g/mol. The van der Waals surface area contributed by atoms with Crippen molar-refractivity contribution < 1.29 is 18.0 Å². The standard InChI is InChI=1S/C25H34ClF3N8O/c1-35(15-9-31-24(38)32-18-6-7-20(26)19(16-18)25(27,28)29)14-8-30-21-17-22(36-10-2-3-11-36)34-23(33-21)37-12-4-5-13-37/h6-7,16-17H,2-5,8-15H2,1H3,(H,30,33,34)(H2,31,32,38). The Morgan fingerprint density at radius 2 is 1.66 bits per heavy atom. The molecular formula is C25H34ClF3N8O. The van der Waals surface area contributed by atoms with E-state index in [4.69, 9.17) is 21.6 Å². The van der Waals surface area contributed by atoms with Crippen molar-refractivity contribution in [1.29, 1.82) is 0 Å². The van der Waals surface area contributed by atoms with Crippen LogP contribution in [0.5, 0.6) is 0 Å². The van der Waals surface area contributed by atoms with Gasteiger partial charge in [-0.1, -0.05) is 11.6 Å².